The van der Waals surface area contributed by atoms with Crippen molar-refractivity contribution in [1.29, 1.82) is 0 Å². The summed E-state index contributed by atoms with van der Waals surface area (Å²) < 4.78 is 5.39. The third-order valence-corrected chi connectivity index (χ3v) is 7.61. The van der Waals surface area contributed by atoms with Crippen LogP contribution in [0.3, 0.4) is 0 Å². The van der Waals surface area contributed by atoms with Crippen LogP contribution in [0.25, 0.3) is 33.3 Å². The second-order valence-corrected chi connectivity index (χ2v) is 10.1. The van der Waals surface area contributed by atoms with Gasteiger partial charge in [0.15, 0.2) is 0 Å². The Morgan fingerprint density at radius 1 is 0.946 bits per heavy atom. The number of amides is 1. The zero-order valence-electron chi connectivity index (χ0n) is 21.2. The maximum Gasteiger partial charge on any atom is 0.251 e. The fraction of sp³-hybridized carbons (Fsp3) is 0.333. The maximum absolute atomic E-state index is 12.7. The van der Waals surface area contributed by atoms with E-state index in [-0.39, 0.29) is 11.9 Å². The van der Waals surface area contributed by atoms with Gasteiger partial charge < -0.3 is 24.8 Å². The predicted octanol–water partition coefficient (Wildman–Crippen LogP) is 4.56. The van der Waals surface area contributed by atoms with Gasteiger partial charge in [-0.2, -0.15) is 0 Å². The number of hydrogen-bond acceptors (Lipinski definition) is 5. The third kappa shape index (κ3) is 5.10. The first-order chi connectivity index (χ1) is 18.1. The Bertz CT molecular complexity index is 1370. The number of rotatable bonds is 5. The van der Waals surface area contributed by atoms with Crippen molar-refractivity contribution in [1.82, 2.24) is 20.2 Å². The van der Waals surface area contributed by atoms with E-state index in [1.165, 1.54) is 5.69 Å². The molecular formula is C30H33N5O2. The molecule has 0 saturated carbocycles. The normalized spacial score (nSPS) is 17.3. The van der Waals surface area contributed by atoms with Crippen molar-refractivity contribution in [3.05, 3.63) is 72.6 Å². The van der Waals surface area contributed by atoms with E-state index >= 15 is 0 Å². The Hall–Kier alpha value is -3.68. The number of nitrogens with one attached hydrogen (secondary N) is 2. The molecule has 2 saturated heterocycles. The molecule has 2 N–H and O–H groups in total. The van der Waals surface area contributed by atoms with Crippen LogP contribution < -0.4 is 10.2 Å². The topological polar surface area (TPSA) is 73.5 Å². The van der Waals surface area contributed by atoms with Gasteiger partial charge in [-0.05, 0) is 61.3 Å². The van der Waals surface area contributed by atoms with E-state index in [0.717, 1.165) is 72.3 Å². The van der Waals surface area contributed by atoms with E-state index in [1.807, 2.05) is 36.7 Å². The van der Waals surface area contributed by atoms with E-state index in [4.69, 9.17) is 4.74 Å². The summed E-state index contributed by atoms with van der Waals surface area (Å²) in [6.45, 7) is 5.74. The standard InChI is InChI=1S/C30H33N5O2/c1-34-12-14-35(15-13-34)26-8-6-21(7-9-26)24-18-27-28(20-32-29(27)31-19-24)22-2-4-23(5-3-22)30(36)33-25-10-16-37-17-11-25/h2-9,18-20,25H,10-17H2,1H3,(H,31,32)(H,33,36). The molecule has 1 amide bonds. The lowest BCUT2D eigenvalue weighted by Crippen LogP contribution is -2.44. The lowest BCUT2D eigenvalue weighted by molar-refractivity contribution is 0.0696. The molecule has 6 rings (SSSR count). The summed E-state index contributed by atoms with van der Waals surface area (Å²) in [7, 11) is 2.18. The molecular weight excluding hydrogens is 462 g/mol. The number of ether oxygens (including phenoxy) is 1. The van der Waals surface area contributed by atoms with Crippen LogP contribution in [0.2, 0.25) is 0 Å². The van der Waals surface area contributed by atoms with Gasteiger partial charge in [0, 0.05) is 85.6 Å². The molecule has 4 aromatic rings. The second kappa shape index (κ2) is 10.4. The molecule has 37 heavy (non-hydrogen) atoms. The van der Waals surface area contributed by atoms with Gasteiger partial charge in [-0.15, -0.1) is 0 Å². The Kier molecular flexibility index (Phi) is 6.64. The third-order valence-electron chi connectivity index (χ3n) is 7.61. The number of aromatic nitrogens is 2. The monoisotopic (exact) mass is 495 g/mol. The largest absolute Gasteiger partial charge is 0.381 e. The lowest BCUT2D eigenvalue weighted by atomic mass is 10.0. The molecule has 7 nitrogen and oxygen atoms in total. The van der Waals surface area contributed by atoms with Crippen LogP contribution in [-0.2, 0) is 4.74 Å². The van der Waals surface area contributed by atoms with Gasteiger partial charge in [-0.3, -0.25) is 4.79 Å². The number of carbonyl (C=O) groups is 1. The molecule has 2 aromatic carbocycles. The van der Waals surface area contributed by atoms with E-state index in [0.29, 0.717) is 18.8 Å². The number of H-pyrrole nitrogens is 1. The van der Waals surface area contributed by atoms with E-state index in [2.05, 4.69) is 62.5 Å². The Morgan fingerprint density at radius 2 is 1.65 bits per heavy atom. The van der Waals surface area contributed by atoms with Gasteiger partial charge in [-0.1, -0.05) is 24.3 Å². The average molecular weight is 496 g/mol. The number of likely N-dealkylation sites (N-methyl/N-ethyl adjacent to an activating group) is 1. The molecule has 4 heterocycles. The van der Waals surface area contributed by atoms with Crippen LogP contribution in [0, 0.1) is 0 Å². The van der Waals surface area contributed by atoms with E-state index in [1.54, 1.807) is 0 Å². The fourth-order valence-electron chi connectivity index (χ4n) is 5.24. The molecule has 7 heteroatoms. The number of carbonyl (C=O) groups excluding carboxylic acids is 1. The smallest absolute Gasteiger partial charge is 0.251 e. The molecule has 0 atom stereocenters. The Labute approximate surface area is 217 Å². The van der Waals surface area contributed by atoms with Gasteiger partial charge in [0.05, 0.1) is 0 Å². The van der Waals surface area contributed by atoms with Gasteiger partial charge in [0.1, 0.15) is 5.65 Å². The first-order valence-electron chi connectivity index (χ1n) is 13.1. The van der Waals surface area contributed by atoms with Crippen molar-refractivity contribution >= 4 is 22.6 Å². The average Bonchev–Trinajstić information content (AvgIpc) is 3.38. The maximum atomic E-state index is 12.7. The molecule has 2 aliphatic rings. The minimum Gasteiger partial charge on any atom is -0.381 e. The molecule has 0 bridgehead atoms. The number of piperazine rings is 1. The number of hydrogen-bond donors (Lipinski definition) is 2. The number of nitrogens with zero attached hydrogens (tertiary/aromatic N) is 3. The summed E-state index contributed by atoms with van der Waals surface area (Å²) >= 11 is 0. The SMILES string of the molecule is CN1CCN(c2ccc(-c3cnc4[nH]cc(-c5ccc(C(=O)NC6CCOCC6)cc5)c4c3)cc2)CC1. The molecule has 2 aliphatic heterocycles. The van der Waals surface area contributed by atoms with Crippen LogP contribution in [0.5, 0.6) is 0 Å². The second-order valence-electron chi connectivity index (χ2n) is 10.1. The Balaban J connectivity index is 1.20. The number of anilines is 1. The molecule has 0 unspecified atom stereocenters. The number of fused-ring (bicyclic) bond motifs is 1. The summed E-state index contributed by atoms with van der Waals surface area (Å²) in [6, 6.07) is 19.0. The highest BCUT2D eigenvalue weighted by molar-refractivity contribution is 5.98. The van der Waals surface area contributed by atoms with Gasteiger partial charge in [-0.25, -0.2) is 4.98 Å². The zero-order valence-corrected chi connectivity index (χ0v) is 21.2. The highest BCUT2D eigenvalue weighted by atomic mass is 16.5. The first-order valence-corrected chi connectivity index (χ1v) is 13.1. The van der Waals surface area contributed by atoms with Crippen molar-refractivity contribution in [2.75, 3.05) is 51.3 Å². The van der Waals surface area contributed by atoms with E-state index in [9.17, 15) is 4.79 Å². The lowest BCUT2D eigenvalue weighted by Gasteiger charge is -2.34. The Morgan fingerprint density at radius 3 is 2.38 bits per heavy atom. The van der Waals surface area contributed by atoms with Crippen LogP contribution in [-0.4, -0.2) is 73.3 Å². The van der Waals surface area contributed by atoms with Gasteiger partial charge >= 0.3 is 0 Å². The van der Waals surface area contributed by atoms with Gasteiger partial charge in [0.2, 0.25) is 0 Å². The summed E-state index contributed by atoms with van der Waals surface area (Å²) in [5, 5.41) is 4.20. The van der Waals surface area contributed by atoms with Crippen molar-refractivity contribution in [2.24, 2.45) is 0 Å². The minimum atomic E-state index is -0.0265. The van der Waals surface area contributed by atoms with E-state index < -0.39 is 0 Å². The van der Waals surface area contributed by atoms with Crippen molar-refractivity contribution in [3.8, 4) is 22.3 Å². The molecule has 2 fully saturated rings. The quantitative estimate of drug-likeness (QED) is 0.425. The predicted molar refractivity (Wildman–Crippen MR) is 148 cm³/mol. The number of benzene rings is 2. The van der Waals surface area contributed by atoms with Crippen LogP contribution in [0.15, 0.2) is 67.0 Å². The molecule has 0 radical (unpaired) electrons. The highest BCUT2D eigenvalue weighted by Gasteiger charge is 2.18. The molecule has 0 aliphatic carbocycles. The zero-order chi connectivity index (χ0) is 25.2. The number of aromatic amines is 1. The minimum absolute atomic E-state index is 0.0265. The summed E-state index contributed by atoms with van der Waals surface area (Å²) in [4.78, 5) is 25.5. The van der Waals surface area contributed by atoms with Crippen molar-refractivity contribution in [2.45, 2.75) is 18.9 Å². The van der Waals surface area contributed by atoms with Gasteiger partial charge in [0.25, 0.3) is 5.91 Å². The van der Waals surface area contributed by atoms with Crippen molar-refractivity contribution < 1.29 is 9.53 Å². The fourth-order valence-corrected chi connectivity index (χ4v) is 5.24. The van der Waals surface area contributed by atoms with Crippen LogP contribution in [0.1, 0.15) is 23.2 Å². The first kappa shape index (κ1) is 23.7. The highest BCUT2D eigenvalue weighted by Crippen LogP contribution is 2.32. The molecule has 0 spiro atoms. The summed E-state index contributed by atoms with van der Waals surface area (Å²) in [5.74, 6) is -0.0265. The summed E-state index contributed by atoms with van der Waals surface area (Å²) in [5.41, 5.74) is 7.18. The van der Waals surface area contributed by atoms with Crippen LogP contribution >= 0.6 is 0 Å². The van der Waals surface area contributed by atoms with Crippen molar-refractivity contribution in [3.63, 3.8) is 0 Å². The van der Waals surface area contributed by atoms with Crippen LogP contribution in [0.4, 0.5) is 5.69 Å². The summed E-state index contributed by atoms with van der Waals surface area (Å²) in [6.07, 6.45) is 5.66. The number of pyridine rings is 1. The molecule has 190 valence electrons. The molecule has 2 aromatic heterocycles.